The molecule has 1 amide bonds. The quantitative estimate of drug-likeness (QED) is 0.153. The van der Waals surface area contributed by atoms with Crippen LogP contribution in [0.5, 0.6) is 11.8 Å². The van der Waals surface area contributed by atoms with Gasteiger partial charge in [0, 0.05) is 5.41 Å². The Kier molecular flexibility index (Phi) is 16.1. The maximum atomic E-state index is 12.9. The molecule has 1 rings (SSSR count). The number of nitrogens with zero attached hydrogens (tertiary/aromatic N) is 2. The molecule has 1 heterocycles. The Labute approximate surface area is 208 Å². The van der Waals surface area contributed by atoms with Gasteiger partial charge in [-0.3, -0.25) is 4.79 Å². The first kappa shape index (κ1) is 29.9. The van der Waals surface area contributed by atoms with E-state index >= 15 is 0 Å². The van der Waals surface area contributed by atoms with Gasteiger partial charge < -0.3 is 14.8 Å². The molecule has 6 heteroatoms. The number of rotatable bonds is 20. The van der Waals surface area contributed by atoms with Crippen molar-refractivity contribution in [3.8, 4) is 11.8 Å². The zero-order valence-corrected chi connectivity index (χ0v) is 22.5. The number of unbranched alkanes of at least 4 members (excludes halogenated alkanes) is 12. The van der Waals surface area contributed by atoms with Crippen molar-refractivity contribution in [3.05, 3.63) is 18.5 Å². The summed E-state index contributed by atoms with van der Waals surface area (Å²) in [6, 6.07) is 0. The summed E-state index contributed by atoms with van der Waals surface area (Å²) < 4.78 is 10.5. The van der Waals surface area contributed by atoms with E-state index in [4.69, 9.17) is 9.47 Å². The number of allylic oxidation sites excluding steroid dienone is 2. The summed E-state index contributed by atoms with van der Waals surface area (Å²) >= 11 is 0. The highest BCUT2D eigenvalue weighted by atomic mass is 16.5. The second-order valence-corrected chi connectivity index (χ2v) is 9.79. The zero-order valence-electron chi connectivity index (χ0n) is 22.5. The standard InChI is InChI=1S/C28H49N3O3/c1-6-7-8-9-10-11-12-13-14-15-16-17-18-19-20-21-22-28(2,3)27(32)31-24-25(33-4)29-23-30-26(24)34-5/h13-14,23H,6-12,15-22H2,1-5H3,(H,31,32)/b14-13+. The lowest BCUT2D eigenvalue weighted by molar-refractivity contribution is -0.124. The monoisotopic (exact) mass is 475 g/mol. The molecule has 0 aliphatic rings. The number of carbonyl (C=O) groups is 1. The van der Waals surface area contributed by atoms with Crippen LogP contribution < -0.4 is 14.8 Å². The number of anilines is 1. The van der Waals surface area contributed by atoms with E-state index < -0.39 is 5.41 Å². The van der Waals surface area contributed by atoms with E-state index in [1.54, 1.807) is 0 Å². The molecule has 0 aliphatic heterocycles. The maximum Gasteiger partial charge on any atom is 0.244 e. The Balaban J connectivity index is 2.14. The predicted octanol–water partition coefficient (Wildman–Crippen LogP) is 7.89. The van der Waals surface area contributed by atoms with Gasteiger partial charge in [0.25, 0.3) is 0 Å². The molecule has 0 radical (unpaired) electrons. The average molecular weight is 476 g/mol. The molecule has 1 aromatic heterocycles. The number of hydrogen-bond acceptors (Lipinski definition) is 5. The van der Waals surface area contributed by atoms with Gasteiger partial charge in [0.1, 0.15) is 6.33 Å². The molecule has 0 saturated carbocycles. The first-order valence-corrected chi connectivity index (χ1v) is 13.4. The van der Waals surface area contributed by atoms with Crippen LogP contribution in [0.2, 0.25) is 0 Å². The summed E-state index contributed by atoms with van der Waals surface area (Å²) in [7, 11) is 3.02. The van der Waals surface area contributed by atoms with Crippen LogP contribution in [0.3, 0.4) is 0 Å². The largest absolute Gasteiger partial charge is 0.479 e. The van der Waals surface area contributed by atoms with Crippen LogP contribution in [0.25, 0.3) is 0 Å². The summed E-state index contributed by atoms with van der Waals surface area (Å²) in [5, 5.41) is 2.91. The van der Waals surface area contributed by atoms with Crippen LogP contribution in [-0.4, -0.2) is 30.1 Å². The lowest BCUT2D eigenvalue weighted by Gasteiger charge is -2.24. The third kappa shape index (κ3) is 12.4. The number of aromatic nitrogens is 2. The summed E-state index contributed by atoms with van der Waals surface area (Å²) in [5.41, 5.74) is -0.112. The predicted molar refractivity (Wildman–Crippen MR) is 142 cm³/mol. The third-order valence-corrected chi connectivity index (χ3v) is 6.33. The lowest BCUT2D eigenvalue weighted by atomic mass is 9.85. The Hall–Kier alpha value is -2.11. The van der Waals surface area contributed by atoms with Crippen molar-refractivity contribution in [2.75, 3.05) is 19.5 Å². The Morgan fingerprint density at radius 1 is 0.824 bits per heavy atom. The van der Waals surface area contributed by atoms with Crippen molar-refractivity contribution in [3.63, 3.8) is 0 Å². The van der Waals surface area contributed by atoms with E-state index in [-0.39, 0.29) is 5.91 Å². The van der Waals surface area contributed by atoms with Crippen LogP contribution in [0.15, 0.2) is 18.5 Å². The van der Waals surface area contributed by atoms with Gasteiger partial charge in [0.2, 0.25) is 17.7 Å². The number of nitrogens with one attached hydrogen (secondary N) is 1. The van der Waals surface area contributed by atoms with Gasteiger partial charge in [-0.05, 0) is 32.1 Å². The molecule has 6 nitrogen and oxygen atoms in total. The molecule has 0 aliphatic carbocycles. The van der Waals surface area contributed by atoms with Gasteiger partial charge in [0.05, 0.1) is 14.2 Å². The second kappa shape index (κ2) is 18.2. The molecule has 1 aromatic rings. The van der Waals surface area contributed by atoms with Gasteiger partial charge in [-0.15, -0.1) is 0 Å². The molecule has 0 atom stereocenters. The van der Waals surface area contributed by atoms with Crippen LogP contribution in [0.1, 0.15) is 117 Å². The molecule has 0 fully saturated rings. The summed E-state index contributed by atoms with van der Waals surface area (Å²) in [6.45, 7) is 6.22. The first-order chi connectivity index (χ1) is 16.5. The fraction of sp³-hybridized carbons (Fsp3) is 0.750. The Morgan fingerprint density at radius 3 is 1.79 bits per heavy atom. The zero-order chi connectivity index (χ0) is 25.1. The Bertz CT molecular complexity index is 682. The van der Waals surface area contributed by atoms with Crippen LogP contribution in [0, 0.1) is 5.41 Å². The second-order valence-electron chi connectivity index (χ2n) is 9.79. The molecular weight excluding hydrogens is 426 g/mol. The van der Waals surface area contributed by atoms with Crippen LogP contribution >= 0.6 is 0 Å². The van der Waals surface area contributed by atoms with Gasteiger partial charge in [-0.25, -0.2) is 0 Å². The van der Waals surface area contributed by atoms with Crippen LogP contribution in [-0.2, 0) is 4.79 Å². The number of amides is 1. The highest BCUT2D eigenvalue weighted by Gasteiger charge is 2.29. The van der Waals surface area contributed by atoms with Gasteiger partial charge >= 0.3 is 0 Å². The average Bonchev–Trinajstić information content (AvgIpc) is 2.83. The minimum Gasteiger partial charge on any atom is -0.479 e. The molecule has 194 valence electrons. The van der Waals surface area contributed by atoms with Crippen molar-refractivity contribution in [2.24, 2.45) is 5.41 Å². The molecule has 0 aromatic carbocycles. The summed E-state index contributed by atoms with van der Waals surface area (Å²) in [4.78, 5) is 21.0. The fourth-order valence-electron chi connectivity index (χ4n) is 3.98. The van der Waals surface area contributed by atoms with Gasteiger partial charge in [-0.2, -0.15) is 9.97 Å². The van der Waals surface area contributed by atoms with Crippen LogP contribution in [0.4, 0.5) is 5.69 Å². The first-order valence-electron chi connectivity index (χ1n) is 13.4. The Morgan fingerprint density at radius 2 is 1.29 bits per heavy atom. The number of carbonyl (C=O) groups excluding carboxylic acids is 1. The van der Waals surface area contributed by atoms with Crippen molar-refractivity contribution < 1.29 is 14.3 Å². The fourth-order valence-corrected chi connectivity index (χ4v) is 3.98. The van der Waals surface area contributed by atoms with Crippen molar-refractivity contribution in [2.45, 2.75) is 117 Å². The summed E-state index contributed by atoms with van der Waals surface area (Å²) in [6.07, 6.45) is 24.9. The topological polar surface area (TPSA) is 73.3 Å². The molecule has 34 heavy (non-hydrogen) atoms. The van der Waals surface area contributed by atoms with Crippen molar-refractivity contribution in [1.82, 2.24) is 9.97 Å². The lowest BCUT2D eigenvalue weighted by Crippen LogP contribution is -2.31. The van der Waals surface area contributed by atoms with E-state index in [1.165, 1.54) is 97.6 Å². The molecule has 0 saturated heterocycles. The van der Waals surface area contributed by atoms with Crippen molar-refractivity contribution >= 4 is 11.6 Å². The molecule has 0 spiro atoms. The molecule has 1 N–H and O–H groups in total. The SMILES string of the molecule is CCCCCCCC/C=C/CCCCCCCCC(C)(C)C(=O)Nc1c(OC)ncnc1OC. The van der Waals surface area contributed by atoms with E-state index in [1.807, 2.05) is 13.8 Å². The van der Waals surface area contributed by atoms with E-state index in [0.29, 0.717) is 17.4 Å². The van der Waals surface area contributed by atoms with E-state index in [0.717, 1.165) is 19.3 Å². The highest BCUT2D eigenvalue weighted by Crippen LogP contribution is 2.33. The highest BCUT2D eigenvalue weighted by molar-refractivity contribution is 5.96. The minimum absolute atomic E-state index is 0.0772. The van der Waals surface area contributed by atoms with Crippen molar-refractivity contribution in [1.29, 1.82) is 0 Å². The van der Waals surface area contributed by atoms with E-state index in [2.05, 4.69) is 34.4 Å². The van der Waals surface area contributed by atoms with E-state index in [9.17, 15) is 4.79 Å². The number of methoxy groups -OCH3 is 2. The molecule has 0 bridgehead atoms. The van der Waals surface area contributed by atoms with Gasteiger partial charge in [-0.1, -0.05) is 97.1 Å². The smallest absolute Gasteiger partial charge is 0.244 e. The maximum absolute atomic E-state index is 12.9. The number of hydrogen-bond donors (Lipinski definition) is 1. The summed E-state index contributed by atoms with van der Waals surface area (Å²) in [5.74, 6) is 0.521. The number of ether oxygens (including phenoxy) is 2. The third-order valence-electron chi connectivity index (χ3n) is 6.33. The van der Waals surface area contributed by atoms with Gasteiger partial charge in [0.15, 0.2) is 5.69 Å². The molecule has 0 unspecified atom stereocenters. The molecular formula is C28H49N3O3. The minimum atomic E-state index is -0.493. The normalized spacial score (nSPS) is 11.7.